The Hall–Kier alpha value is -3.69. The smallest absolute Gasteiger partial charge is 0.168 e. The predicted octanol–water partition coefficient (Wildman–Crippen LogP) is 4.97. The summed E-state index contributed by atoms with van der Waals surface area (Å²) in [5, 5.41) is 23.5. The summed E-state index contributed by atoms with van der Waals surface area (Å²) in [5.74, 6) is 0. The lowest BCUT2D eigenvalue weighted by atomic mass is 9.94. The topological polar surface area (TPSA) is 122 Å². The highest BCUT2D eigenvalue weighted by Gasteiger charge is 2.31. The molecule has 0 saturated carbocycles. The number of rotatable bonds is 6. The zero-order valence-corrected chi connectivity index (χ0v) is 19.9. The van der Waals surface area contributed by atoms with Gasteiger partial charge in [-0.05, 0) is 50.6 Å². The van der Waals surface area contributed by atoms with E-state index >= 15 is 0 Å². The van der Waals surface area contributed by atoms with Crippen LogP contribution in [-0.4, -0.2) is 19.4 Å². The number of fused-ring (bicyclic) bond motifs is 1. The van der Waals surface area contributed by atoms with Crippen molar-refractivity contribution in [1.29, 1.82) is 10.5 Å². The van der Waals surface area contributed by atoms with Crippen molar-refractivity contribution in [3.63, 3.8) is 0 Å². The molecule has 0 spiro atoms. The summed E-state index contributed by atoms with van der Waals surface area (Å²) in [7, 11) is 0. The lowest BCUT2D eigenvalue weighted by molar-refractivity contribution is 0.459. The Balaban J connectivity index is 1.81. The molecule has 2 aromatic heterocycles. The first-order valence-corrected chi connectivity index (χ1v) is 11.9. The van der Waals surface area contributed by atoms with E-state index in [1.807, 2.05) is 57.2 Å². The summed E-state index contributed by atoms with van der Waals surface area (Å²) in [6, 6.07) is 22.1. The van der Waals surface area contributed by atoms with Crippen molar-refractivity contribution in [2.45, 2.75) is 38.0 Å². The van der Waals surface area contributed by atoms with Crippen LogP contribution >= 0.6 is 0 Å². The maximum Gasteiger partial charge on any atom is 0.168 e. The zero-order chi connectivity index (χ0) is 24.3. The molecule has 0 amide bonds. The number of hydrogen-bond acceptors (Lipinski definition) is 7. The van der Waals surface area contributed by atoms with Crippen LogP contribution in [0.1, 0.15) is 49.3 Å². The Labute approximate surface area is 201 Å². The van der Waals surface area contributed by atoms with Gasteiger partial charge in [-0.1, -0.05) is 35.5 Å². The SMILES string of the molecule is CC(C)(C)[S@+]([O-])N[C@@H](Cc1cccc(C#N)n1)c1ccccc1-c1noc2cc(C#N)ccc12. The summed E-state index contributed by atoms with van der Waals surface area (Å²) in [6.45, 7) is 5.72. The summed E-state index contributed by atoms with van der Waals surface area (Å²) < 4.78 is 21.4. The summed E-state index contributed by atoms with van der Waals surface area (Å²) in [6.07, 6.45) is 0.419. The third-order valence-corrected chi connectivity index (χ3v) is 6.94. The van der Waals surface area contributed by atoms with Crippen LogP contribution in [0.25, 0.3) is 22.2 Å². The molecular weight excluding hydrogens is 446 g/mol. The Morgan fingerprint density at radius 2 is 1.85 bits per heavy atom. The van der Waals surface area contributed by atoms with Gasteiger partial charge in [0.15, 0.2) is 5.58 Å². The number of nitriles is 2. The second kappa shape index (κ2) is 9.66. The minimum Gasteiger partial charge on any atom is -0.598 e. The maximum absolute atomic E-state index is 13.1. The Bertz CT molecular complexity index is 1410. The standard InChI is InChI=1S/C26H23N5O2S/c1-26(2,3)34(32)31-23(14-18-7-6-8-19(16-28)29-18)20-9-4-5-10-21(20)25-22-12-11-17(15-27)13-24(22)33-30-25/h4-13,23,31H,14H2,1-3H3/t23-,34-/m0/s1. The molecule has 8 heteroatoms. The van der Waals surface area contributed by atoms with Gasteiger partial charge in [-0.25, -0.2) is 4.98 Å². The lowest BCUT2D eigenvalue weighted by Gasteiger charge is -2.29. The van der Waals surface area contributed by atoms with Crippen molar-refractivity contribution in [1.82, 2.24) is 14.9 Å². The highest BCUT2D eigenvalue weighted by Crippen LogP contribution is 2.35. The van der Waals surface area contributed by atoms with E-state index in [1.165, 1.54) is 0 Å². The van der Waals surface area contributed by atoms with E-state index in [1.54, 1.807) is 24.3 Å². The monoisotopic (exact) mass is 469 g/mol. The number of hydrogen-bond donors (Lipinski definition) is 1. The minimum atomic E-state index is -1.36. The normalized spacial score (nSPS) is 13.2. The molecule has 0 unspecified atom stereocenters. The first-order chi connectivity index (χ1) is 16.3. The Morgan fingerprint density at radius 3 is 2.59 bits per heavy atom. The molecule has 1 N–H and O–H groups in total. The predicted molar refractivity (Wildman–Crippen MR) is 131 cm³/mol. The van der Waals surface area contributed by atoms with E-state index in [-0.39, 0.29) is 6.04 Å². The van der Waals surface area contributed by atoms with Crippen LogP contribution in [-0.2, 0) is 17.8 Å². The van der Waals surface area contributed by atoms with Crippen molar-refractivity contribution in [2.24, 2.45) is 0 Å². The minimum absolute atomic E-state index is 0.331. The maximum atomic E-state index is 13.1. The zero-order valence-electron chi connectivity index (χ0n) is 19.1. The largest absolute Gasteiger partial charge is 0.598 e. The number of benzene rings is 2. The van der Waals surface area contributed by atoms with Crippen molar-refractivity contribution in [2.75, 3.05) is 0 Å². The second-order valence-corrected chi connectivity index (χ2v) is 10.8. The van der Waals surface area contributed by atoms with Crippen molar-refractivity contribution < 1.29 is 9.08 Å². The van der Waals surface area contributed by atoms with Gasteiger partial charge in [0.05, 0.1) is 17.7 Å². The van der Waals surface area contributed by atoms with E-state index in [4.69, 9.17) is 4.52 Å². The highest BCUT2D eigenvalue weighted by atomic mass is 32.2. The number of aromatic nitrogens is 2. The molecule has 0 bridgehead atoms. The number of pyridine rings is 1. The molecule has 2 aromatic carbocycles. The Morgan fingerprint density at radius 1 is 1.06 bits per heavy atom. The van der Waals surface area contributed by atoms with E-state index in [0.717, 1.165) is 16.5 Å². The second-order valence-electron chi connectivity index (χ2n) is 8.82. The molecule has 2 atom stereocenters. The van der Waals surface area contributed by atoms with Gasteiger partial charge in [0, 0.05) is 40.5 Å². The number of nitrogens with zero attached hydrogens (tertiary/aromatic N) is 4. The molecule has 170 valence electrons. The fourth-order valence-electron chi connectivity index (χ4n) is 3.60. The average Bonchev–Trinajstić information content (AvgIpc) is 3.26. The van der Waals surface area contributed by atoms with Crippen LogP contribution in [0, 0.1) is 22.7 Å². The molecule has 4 rings (SSSR count). The van der Waals surface area contributed by atoms with Crippen molar-refractivity contribution in [3.8, 4) is 23.4 Å². The molecular formula is C26H23N5O2S. The van der Waals surface area contributed by atoms with Crippen LogP contribution in [0.15, 0.2) is 65.2 Å². The van der Waals surface area contributed by atoms with Crippen molar-refractivity contribution >= 4 is 22.3 Å². The van der Waals surface area contributed by atoms with E-state index in [9.17, 15) is 15.1 Å². The van der Waals surface area contributed by atoms with Crippen LogP contribution in [0.4, 0.5) is 0 Å². The van der Waals surface area contributed by atoms with E-state index in [0.29, 0.717) is 34.6 Å². The van der Waals surface area contributed by atoms with Gasteiger partial charge in [-0.3, -0.25) is 0 Å². The highest BCUT2D eigenvalue weighted by molar-refractivity contribution is 7.90. The molecule has 0 saturated heterocycles. The van der Waals surface area contributed by atoms with Gasteiger partial charge in [-0.15, -0.1) is 4.72 Å². The third-order valence-electron chi connectivity index (χ3n) is 5.33. The van der Waals surface area contributed by atoms with Gasteiger partial charge in [0.1, 0.15) is 22.2 Å². The van der Waals surface area contributed by atoms with Gasteiger partial charge < -0.3 is 9.08 Å². The van der Waals surface area contributed by atoms with Crippen molar-refractivity contribution in [3.05, 3.63) is 83.2 Å². The number of nitrogens with one attached hydrogen (secondary N) is 1. The fraction of sp³-hybridized carbons (Fsp3) is 0.231. The molecule has 34 heavy (non-hydrogen) atoms. The van der Waals surface area contributed by atoms with E-state index in [2.05, 4.69) is 27.0 Å². The molecule has 7 nitrogen and oxygen atoms in total. The van der Waals surface area contributed by atoms with Gasteiger partial charge in [0.25, 0.3) is 0 Å². The molecule has 4 aromatic rings. The molecule has 0 aliphatic rings. The van der Waals surface area contributed by atoms with Crippen LogP contribution in [0.2, 0.25) is 0 Å². The molecule has 0 aliphatic heterocycles. The van der Waals surface area contributed by atoms with Gasteiger partial charge in [0.2, 0.25) is 0 Å². The van der Waals surface area contributed by atoms with Crippen LogP contribution < -0.4 is 4.72 Å². The summed E-state index contributed by atoms with van der Waals surface area (Å²) >= 11 is -1.36. The summed E-state index contributed by atoms with van der Waals surface area (Å²) in [5.41, 5.74) is 4.40. The molecule has 0 fully saturated rings. The lowest BCUT2D eigenvalue weighted by Crippen LogP contribution is -2.42. The summed E-state index contributed by atoms with van der Waals surface area (Å²) in [4.78, 5) is 4.42. The van der Waals surface area contributed by atoms with Gasteiger partial charge >= 0.3 is 0 Å². The quantitative estimate of drug-likeness (QED) is 0.396. The average molecular weight is 470 g/mol. The van der Waals surface area contributed by atoms with Gasteiger partial charge in [-0.2, -0.15) is 10.5 Å². The van der Waals surface area contributed by atoms with Crippen LogP contribution in [0.3, 0.4) is 0 Å². The van der Waals surface area contributed by atoms with Crippen LogP contribution in [0.5, 0.6) is 0 Å². The fourth-order valence-corrected chi connectivity index (χ4v) is 4.43. The first-order valence-electron chi connectivity index (χ1n) is 10.7. The molecule has 0 aliphatic carbocycles. The molecule has 2 heterocycles. The Kier molecular flexibility index (Phi) is 6.67. The van der Waals surface area contributed by atoms with E-state index < -0.39 is 16.1 Å². The first kappa shape index (κ1) is 23.5. The third kappa shape index (κ3) is 4.95. The molecule has 0 radical (unpaired) electrons.